The highest BCUT2D eigenvalue weighted by Gasteiger charge is 2.66. The molecule has 0 spiro atoms. The number of phenolic OH excluding ortho intramolecular Hbond substituents is 1. The van der Waals surface area contributed by atoms with Crippen molar-refractivity contribution in [3.8, 4) is 5.75 Å². The average Bonchev–Trinajstić information content (AvgIpc) is 3.47. The van der Waals surface area contributed by atoms with E-state index in [-0.39, 0.29) is 17.8 Å². The molecule has 0 aromatic heterocycles. The van der Waals surface area contributed by atoms with Crippen molar-refractivity contribution in [2.24, 2.45) is 11.8 Å². The molecule has 3 fully saturated rings. The third-order valence-electron chi connectivity index (χ3n) is 8.20. The zero-order valence-corrected chi connectivity index (χ0v) is 17.8. The third-order valence-corrected chi connectivity index (χ3v) is 8.20. The number of hydrogen-bond acceptors (Lipinski definition) is 5. The Labute approximate surface area is 174 Å². The minimum atomic E-state index is -0.880. The normalized spacial score (nSPS) is 39.3. The molecular weight excluding hydrogens is 364 g/mol. The van der Waals surface area contributed by atoms with E-state index in [9.17, 15) is 15.3 Å². The first-order valence-corrected chi connectivity index (χ1v) is 11.5. The molecule has 5 nitrogen and oxygen atoms in total. The van der Waals surface area contributed by atoms with E-state index in [1.807, 2.05) is 12.1 Å². The van der Waals surface area contributed by atoms with E-state index in [1.165, 1.54) is 18.4 Å². The Morgan fingerprint density at radius 2 is 2.03 bits per heavy atom. The minimum absolute atomic E-state index is 0.0854. The summed E-state index contributed by atoms with van der Waals surface area (Å²) in [6, 6.07) is 5.67. The number of benzene rings is 1. The first-order chi connectivity index (χ1) is 13.8. The molecule has 5 heteroatoms. The van der Waals surface area contributed by atoms with Crippen molar-refractivity contribution in [3.63, 3.8) is 0 Å². The largest absolute Gasteiger partial charge is 0.508 e. The molecule has 0 radical (unpaired) electrons. The van der Waals surface area contributed by atoms with Gasteiger partial charge < -0.3 is 20.6 Å². The van der Waals surface area contributed by atoms with Crippen LogP contribution in [0.2, 0.25) is 0 Å². The quantitative estimate of drug-likeness (QED) is 0.610. The molecule has 1 aromatic rings. The molecule has 2 saturated carbocycles. The van der Waals surface area contributed by atoms with Crippen LogP contribution in [0.15, 0.2) is 18.2 Å². The molecule has 1 heterocycles. The fourth-order valence-corrected chi connectivity index (χ4v) is 6.53. The SMILES string of the molecule is CC(C)CN[C@@H]1C[C@@]2(O)[C@H]3Cc4ccc(O)cc4[C@@]2(CCN3CC2CC2)CC1O. The van der Waals surface area contributed by atoms with E-state index in [0.717, 1.165) is 44.0 Å². The first kappa shape index (κ1) is 19.8. The van der Waals surface area contributed by atoms with E-state index < -0.39 is 17.1 Å². The maximum atomic E-state index is 12.4. The number of aromatic hydroxyl groups is 1. The van der Waals surface area contributed by atoms with Crippen LogP contribution >= 0.6 is 0 Å². The van der Waals surface area contributed by atoms with Gasteiger partial charge in [-0.3, -0.25) is 4.90 Å². The standard InChI is InChI=1S/C24H36N2O3/c1-15(2)13-25-20-11-24(29)22-9-17-5-6-18(27)10-19(17)23(24,12-21(20)28)7-8-26(22)14-16-3-4-16/h5-6,10,15-16,20-22,25,27-29H,3-4,7-9,11-14H2,1-2H3/t20-,21?,22-,23-,24-/m1/s1. The Morgan fingerprint density at radius 3 is 2.76 bits per heavy atom. The van der Waals surface area contributed by atoms with E-state index in [2.05, 4.69) is 24.1 Å². The molecule has 2 bridgehead atoms. The molecule has 29 heavy (non-hydrogen) atoms. The maximum Gasteiger partial charge on any atom is 0.115 e. The van der Waals surface area contributed by atoms with Gasteiger partial charge in [0.2, 0.25) is 0 Å². The summed E-state index contributed by atoms with van der Waals surface area (Å²) >= 11 is 0. The predicted octanol–water partition coefficient (Wildman–Crippen LogP) is 2.17. The number of rotatable bonds is 5. The van der Waals surface area contributed by atoms with Gasteiger partial charge in [0, 0.05) is 24.0 Å². The van der Waals surface area contributed by atoms with Crippen molar-refractivity contribution >= 4 is 0 Å². The number of phenols is 1. The van der Waals surface area contributed by atoms with Crippen molar-refractivity contribution in [1.29, 1.82) is 0 Å². The summed E-state index contributed by atoms with van der Waals surface area (Å²) in [5, 5.41) is 37.3. The van der Waals surface area contributed by atoms with E-state index in [0.29, 0.717) is 18.8 Å². The van der Waals surface area contributed by atoms with Crippen molar-refractivity contribution in [3.05, 3.63) is 29.3 Å². The highest BCUT2D eigenvalue weighted by Crippen LogP contribution is 2.58. The van der Waals surface area contributed by atoms with Crippen LogP contribution in [0.5, 0.6) is 5.75 Å². The summed E-state index contributed by atoms with van der Waals surface area (Å²) in [6.45, 7) is 7.24. The van der Waals surface area contributed by atoms with Crippen LogP contribution in [-0.2, 0) is 11.8 Å². The lowest BCUT2D eigenvalue weighted by atomic mass is 9.48. The molecule has 1 aromatic carbocycles. The highest BCUT2D eigenvalue weighted by molar-refractivity contribution is 5.48. The van der Waals surface area contributed by atoms with Crippen LogP contribution < -0.4 is 5.32 Å². The molecule has 4 N–H and O–H groups in total. The molecule has 5 rings (SSSR count). The predicted molar refractivity (Wildman–Crippen MR) is 113 cm³/mol. The Morgan fingerprint density at radius 1 is 1.24 bits per heavy atom. The van der Waals surface area contributed by atoms with Crippen molar-refractivity contribution < 1.29 is 15.3 Å². The zero-order valence-electron chi connectivity index (χ0n) is 17.8. The molecule has 1 saturated heterocycles. The van der Waals surface area contributed by atoms with Gasteiger partial charge >= 0.3 is 0 Å². The number of aliphatic hydroxyl groups is 2. The van der Waals surface area contributed by atoms with Gasteiger partial charge in [0.1, 0.15) is 5.75 Å². The maximum absolute atomic E-state index is 12.4. The van der Waals surface area contributed by atoms with E-state index >= 15 is 0 Å². The minimum Gasteiger partial charge on any atom is -0.508 e. The number of hydrogen-bond donors (Lipinski definition) is 4. The van der Waals surface area contributed by atoms with E-state index in [1.54, 1.807) is 6.07 Å². The number of piperidine rings is 1. The number of nitrogens with one attached hydrogen (secondary N) is 1. The van der Waals surface area contributed by atoms with Crippen molar-refractivity contribution in [2.75, 3.05) is 19.6 Å². The summed E-state index contributed by atoms with van der Waals surface area (Å²) in [7, 11) is 0. The van der Waals surface area contributed by atoms with Gasteiger partial charge in [-0.05, 0) is 86.7 Å². The molecule has 4 aliphatic rings. The second-order valence-corrected chi connectivity index (χ2v) is 10.6. The Balaban J connectivity index is 1.55. The molecule has 5 atom stereocenters. The highest BCUT2D eigenvalue weighted by atomic mass is 16.3. The molecule has 1 aliphatic heterocycles. The molecule has 1 unspecified atom stereocenters. The molecule has 3 aliphatic carbocycles. The Bertz CT molecular complexity index is 779. The van der Waals surface area contributed by atoms with Crippen LogP contribution in [0.3, 0.4) is 0 Å². The van der Waals surface area contributed by atoms with Crippen molar-refractivity contribution in [1.82, 2.24) is 10.2 Å². The lowest BCUT2D eigenvalue weighted by Crippen LogP contribution is -2.76. The first-order valence-electron chi connectivity index (χ1n) is 11.5. The lowest BCUT2D eigenvalue weighted by Gasteiger charge is -2.65. The number of likely N-dealkylation sites (tertiary alicyclic amines) is 1. The van der Waals surface area contributed by atoms with Crippen LogP contribution in [0, 0.1) is 11.8 Å². The fraction of sp³-hybridized carbons (Fsp3) is 0.750. The van der Waals surface area contributed by atoms with Crippen LogP contribution in [0.1, 0.15) is 57.1 Å². The smallest absolute Gasteiger partial charge is 0.115 e. The zero-order chi connectivity index (χ0) is 20.4. The van der Waals surface area contributed by atoms with Gasteiger partial charge in [-0.1, -0.05) is 19.9 Å². The molecule has 160 valence electrons. The van der Waals surface area contributed by atoms with Crippen LogP contribution in [-0.4, -0.2) is 63.6 Å². The number of fused-ring (bicyclic) bond motifs is 1. The van der Waals surface area contributed by atoms with Gasteiger partial charge in [-0.15, -0.1) is 0 Å². The average molecular weight is 401 g/mol. The van der Waals surface area contributed by atoms with Crippen LogP contribution in [0.4, 0.5) is 0 Å². The van der Waals surface area contributed by atoms with Gasteiger partial charge in [-0.2, -0.15) is 0 Å². The molecule has 0 amide bonds. The van der Waals surface area contributed by atoms with Gasteiger partial charge in [0.15, 0.2) is 0 Å². The van der Waals surface area contributed by atoms with Crippen molar-refractivity contribution in [2.45, 2.75) is 81.6 Å². The van der Waals surface area contributed by atoms with E-state index in [4.69, 9.17) is 0 Å². The Hall–Kier alpha value is -1.14. The fourth-order valence-electron chi connectivity index (χ4n) is 6.53. The molecular formula is C24H36N2O3. The summed E-state index contributed by atoms with van der Waals surface area (Å²) in [5.74, 6) is 1.55. The number of aliphatic hydroxyl groups excluding tert-OH is 1. The second kappa shape index (κ2) is 6.94. The lowest BCUT2D eigenvalue weighted by molar-refractivity contribution is -0.190. The van der Waals surface area contributed by atoms with Gasteiger partial charge in [0.25, 0.3) is 0 Å². The summed E-state index contributed by atoms with van der Waals surface area (Å²) in [5.41, 5.74) is 0.955. The van der Waals surface area contributed by atoms with Gasteiger partial charge in [0.05, 0.1) is 11.7 Å². The third kappa shape index (κ3) is 3.13. The van der Waals surface area contributed by atoms with Gasteiger partial charge in [-0.25, -0.2) is 0 Å². The Kier molecular flexibility index (Phi) is 4.74. The summed E-state index contributed by atoms with van der Waals surface area (Å²) < 4.78 is 0. The van der Waals surface area contributed by atoms with Crippen LogP contribution in [0.25, 0.3) is 0 Å². The summed E-state index contributed by atoms with van der Waals surface area (Å²) in [4.78, 5) is 2.54. The summed E-state index contributed by atoms with van der Waals surface area (Å²) in [6.07, 6.45) is 4.94. The topological polar surface area (TPSA) is 76.0 Å². The monoisotopic (exact) mass is 400 g/mol. The number of nitrogens with zero attached hydrogens (tertiary/aromatic N) is 1. The second-order valence-electron chi connectivity index (χ2n) is 10.6.